The number of aryl methyl sites for hydroxylation is 2. The molecule has 1 aliphatic rings. The second-order valence-corrected chi connectivity index (χ2v) is 7.97. The average molecular weight is 437 g/mol. The van der Waals surface area contributed by atoms with Gasteiger partial charge in [-0.1, -0.05) is 53.5 Å². The van der Waals surface area contributed by atoms with Gasteiger partial charge in [0.15, 0.2) is 0 Å². The number of carbonyl (C=O) groups is 2. The predicted molar refractivity (Wildman–Crippen MR) is 122 cm³/mol. The Balaban J connectivity index is 1.83. The Bertz CT molecular complexity index is 1200. The van der Waals surface area contributed by atoms with Gasteiger partial charge in [0.1, 0.15) is 5.70 Å². The molecule has 4 nitrogen and oxygen atoms in total. The quantitative estimate of drug-likeness (QED) is 0.509. The van der Waals surface area contributed by atoms with E-state index >= 15 is 0 Å². The molecule has 0 spiro atoms. The third-order valence-corrected chi connectivity index (χ3v) is 5.58. The lowest BCUT2D eigenvalue weighted by Gasteiger charge is -2.16. The lowest BCUT2D eigenvalue weighted by molar-refractivity contribution is -0.120. The molecule has 0 bridgehead atoms. The van der Waals surface area contributed by atoms with Crippen molar-refractivity contribution in [2.45, 2.75) is 13.8 Å². The molecule has 4 rings (SSSR count). The third kappa shape index (κ3) is 3.72. The van der Waals surface area contributed by atoms with Crippen LogP contribution in [0.5, 0.6) is 0 Å². The van der Waals surface area contributed by atoms with E-state index in [1.54, 1.807) is 42.5 Å². The first-order valence-corrected chi connectivity index (χ1v) is 10.1. The lowest BCUT2D eigenvalue weighted by Crippen LogP contribution is -2.32. The maximum absolute atomic E-state index is 13.4. The van der Waals surface area contributed by atoms with Crippen LogP contribution >= 0.6 is 23.2 Å². The highest BCUT2D eigenvalue weighted by Gasteiger charge is 2.40. The van der Waals surface area contributed by atoms with Crippen molar-refractivity contribution in [2.24, 2.45) is 0 Å². The molecule has 2 amide bonds. The minimum atomic E-state index is -0.424. The summed E-state index contributed by atoms with van der Waals surface area (Å²) in [6.07, 6.45) is 0. The van der Waals surface area contributed by atoms with E-state index in [4.69, 9.17) is 23.2 Å². The van der Waals surface area contributed by atoms with Gasteiger partial charge in [-0.05, 0) is 66.9 Å². The van der Waals surface area contributed by atoms with Gasteiger partial charge in [0.05, 0.1) is 11.3 Å². The van der Waals surface area contributed by atoms with Crippen LogP contribution in [0.2, 0.25) is 10.0 Å². The minimum Gasteiger partial charge on any atom is -0.350 e. The van der Waals surface area contributed by atoms with Crippen molar-refractivity contribution in [1.29, 1.82) is 0 Å². The fourth-order valence-corrected chi connectivity index (χ4v) is 3.65. The third-order valence-electron chi connectivity index (χ3n) is 4.92. The summed E-state index contributed by atoms with van der Waals surface area (Å²) in [7, 11) is 0. The van der Waals surface area contributed by atoms with Gasteiger partial charge < -0.3 is 5.32 Å². The van der Waals surface area contributed by atoms with Crippen LogP contribution in [0.3, 0.4) is 0 Å². The number of nitrogens with one attached hydrogen (secondary N) is 1. The standard InChI is InChI=1S/C24H18Cl2N2O2/c1-14-4-3-5-19(12-14)28-23(29)21(16-7-9-17(25)10-8-16)22(24(28)30)27-18-11-6-15(2)20(26)13-18/h3-13,27H,1-2H3. The van der Waals surface area contributed by atoms with Crippen molar-refractivity contribution in [1.82, 2.24) is 0 Å². The molecule has 6 heteroatoms. The first-order valence-electron chi connectivity index (χ1n) is 9.34. The minimum absolute atomic E-state index is 0.198. The van der Waals surface area contributed by atoms with E-state index in [9.17, 15) is 9.59 Å². The molecule has 0 saturated carbocycles. The number of imide groups is 1. The number of hydrogen-bond donors (Lipinski definition) is 1. The van der Waals surface area contributed by atoms with Gasteiger partial charge in [-0.15, -0.1) is 0 Å². The number of nitrogens with zero attached hydrogens (tertiary/aromatic N) is 1. The number of halogens is 2. The van der Waals surface area contributed by atoms with E-state index in [1.807, 2.05) is 38.1 Å². The van der Waals surface area contributed by atoms with Crippen molar-refractivity contribution in [3.63, 3.8) is 0 Å². The average Bonchev–Trinajstić information content (AvgIpc) is 2.95. The maximum atomic E-state index is 13.4. The number of carbonyl (C=O) groups excluding carboxylic acids is 2. The molecule has 0 aliphatic carbocycles. The Hall–Kier alpha value is -3.08. The van der Waals surface area contributed by atoms with Crippen LogP contribution in [0, 0.1) is 13.8 Å². The molecular formula is C24H18Cl2N2O2. The van der Waals surface area contributed by atoms with Gasteiger partial charge in [0, 0.05) is 15.7 Å². The lowest BCUT2D eigenvalue weighted by atomic mass is 10.0. The maximum Gasteiger partial charge on any atom is 0.282 e. The number of rotatable bonds is 4. The number of benzene rings is 3. The molecular weight excluding hydrogens is 419 g/mol. The van der Waals surface area contributed by atoms with Gasteiger partial charge in [0.2, 0.25) is 0 Å². The highest BCUT2D eigenvalue weighted by atomic mass is 35.5. The van der Waals surface area contributed by atoms with Gasteiger partial charge in [-0.3, -0.25) is 9.59 Å². The van der Waals surface area contributed by atoms with Crippen LogP contribution in [-0.2, 0) is 9.59 Å². The fraction of sp³-hybridized carbons (Fsp3) is 0.0833. The predicted octanol–water partition coefficient (Wildman–Crippen LogP) is 6.01. The van der Waals surface area contributed by atoms with E-state index in [2.05, 4.69) is 5.32 Å². The largest absolute Gasteiger partial charge is 0.350 e. The molecule has 0 saturated heterocycles. The number of anilines is 2. The summed E-state index contributed by atoms with van der Waals surface area (Å²) < 4.78 is 0. The van der Waals surface area contributed by atoms with E-state index in [0.717, 1.165) is 11.1 Å². The second kappa shape index (κ2) is 7.98. The summed E-state index contributed by atoms with van der Waals surface area (Å²) >= 11 is 12.3. The Labute approximate surface area is 184 Å². The molecule has 0 fully saturated rings. The molecule has 1 N–H and O–H groups in total. The van der Waals surface area contributed by atoms with Gasteiger partial charge in [0.25, 0.3) is 11.8 Å². The molecule has 30 heavy (non-hydrogen) atoms. The van der Waals surface area contributed by atoms with Gasteiger partial charge in [-0.25, -0.2) is 4.90 Å². The van der Waals surface area contributed by atoms with Crippen molar-refractivity contribution in [3.05, 3.63) is 99.2 Å². The Morgan fingerprint density at radius 2 is 1.57 bits per heavy atom. The zero-order chi connectivity index (χ0) is 21.4. The summed E-state index contributed by atoms with van der Waals surface area (Å²) in [5.41, 5.74) is 4.11. The molecule has 0 aromatic heterocycles. The molecule has 0 unspecified atom stereocenters. The van der Waals surface area contributed by atoms with E-state index < -0.39 is 11.8 Å². The van der Waals surface area contributed by atoms with E-state index in [1.165, 1.54) is 4.90 Å². The van der Waals surface area contributed by atoms with Crippen molar-refractivity contribution < 1.29 is 9.59 Å². The Kier molecular flexibility index (Phi) is 5.37. The monoisotopic (exact) mass is 436 g/mol. The van der Waals surface area contributed by atoms with E-state index in [0.29, 0.717) is 27.0 Å². The zero-order valence-electron chi connectivity index (χ0n) is 16.4. The molecule has 3 aromatic carbocycles. The summed E-state index contributed by atoms with van der Waals surface area (Å²) in [5.74, 6) is -0.819. The van der Waals surface area contributed by atoms with Crippen LogP contribution in [0.25, 0.3) is 5.57 Å². The summed E-state index contributed by atoms with van der Waals surface area (Å²) in [6, 6.07) is 19.5. The molecule has 1 aliphatic heterocycles. The highest BCUT2D eigenvalue weighted by molar-refractivity contribution is 6.46. The van der Waals surface area contributed by atoms with Crippen molar-refractivity contribution in [2.75, 3.05) is 10.2 Å². The molecule has 150 valence electrons. The molecule has 0 radical (unpaired) electrons. The van der Waals surface area contributed by atoms with Crippen molar-refractivity contribution in [3.8, 4) is 0 Å². The topological polar surface area (TPSA) is 49.4 Å². The van der Waals surface area contributed by atoms with Crippen LogP contribution in [0.1, 0.15) is 16.7 Å². The zero-order valence-corrected chi connectivity index (χ0v) is 17.9. The van der Waals surface area contributed by atoms with Crippen molar-refractivity contribution >= 4 is 52.0 Å². The Morgan fingerprint density at radius 1 is 0.833 bits per heavy atom. The molecule has 3 aromatic rings. The number of hydrogen-bond acceptors (Lipinski definition) is 3. The van der Waals surface area contributed by atoms with Crippen LogP contribution in [0.4, 0.5) is 11.4 Å². The highest BCUT2D eigenvalue weighted by Crippen LogP contribution is 2.35. The normalized spacial score (nSPS) is 13.9. The molecule has 1 heterocycles. The molecule has 0 atom stereocenters. The van der Waals surface area contributed by atoms with Gasteiger partial charge >= 0.3 is 0 Å². The SMILES string of the molecule is Cc1cccc(N2C(=O)C(Nc3ccc(C)c(Cl)c3)=C(c3ccc(Cl)cc3)C2=O)c1. The fourth-order valence-electron chi connectivity index (χ4n) is 3.35. The second-order valence-electron chi connectivity index (χ2n) is 7.13. The van der Waals surface area contributed by atoms with E-state index in [-0.39, 0.29) is 11.3 Å². The Morgan fingerprint density at radius 3 is 2.23 bits per heavy atom. The van der Waals surface area contributed by atoms with Crippen LogP contribution in [0.15, 0.2) is 72.4 Å². The first kappa shape index (κ1) is 20.2. The van der Waals surface area contributed by atoms with Crippen LogP contribution in [-0.4, -0.2) is 11.8 Å². The van der Waals surface area contributed by atoms with Gasteiger partial charge in [-0.2, -0.15) is 0 Å². The summed E-state index contributed by atoms with van der Waals surface area (Å²) in [5, 5.41) is 4.23. The summed E-state index contributed by atoms with van der Waals surface area (Å²) in [4.78, 5) is 27.9. The first-order chi connectivity index (χ1) is 14.3. The smallest absolute Gasteiger partial charge is 0.282 e. The number of amides is 2. The van der Waals surface area contributed by atoms with Crippen LogP contribution < -0.4 is 10.2 Å². The summed E-state index contributed by atoms with van der Waals surface area (Å²) in [6.45, 7) is 3.81.